The number of aromatic nitrogens is 4. The van der Waals surface area contributed by atoms with Crippen LogP contribution in [0.1, 0.15) is 5.56 Å². The Balaban J connectivity index is 2.03. The van der Waals surface area contributed by atoms with E-state index in [9.17, 15) is 5.11 Å². The summed E-state index contributed by atoms with van der Waals surface area (Å²) in [6, 6.07) is 8.31. The Morgan fingerprint density at radius 2 is 2.05 bits per heavy atom. The highest BCUT2D eigenvalue weighted by molar-refractivity contribution is 7.71. The van der Waals surface area contributed by atoms with Crippen LogP contribution in [0.15, 0.2) is 47.8 Å². The summed E-state index contributed by atoms with van der Waals surface area (Å²) in [4.78, 5) is 3.96. The van der Waals surface area contributed by atoms with Gasteiger partial charge in [0.25, 0.3) is 0 Å². The maximum Gasteiger partial charge on any atom is 0.216 e. The molecule has 8 heteroatoms. The summed E-state index contributed by atoms with van der Waals surface area (Å²) in [5.74, 6) is 0.624. The van der Waals surface area contributed by atoms with Crippen LogP contribution in [0, 0.1) is 4.77 Å². The van der Waals surface area contributed by atoms with Crippen molar-refractivity contribution in [2.24, 2.45) is 5.10 Å². The van der Waals surface area contributed by atoms with Gasteiger partial charge in [-0.05, 0) is 42.5 Å². The summed E-state index contributed by atoms with van der Waals surface area (Å²) in [7, 11) is 0. The molecule has 2 N–H and O–H groups in total. The van der Waals surface area contributed by atoms with Crippen LogP contribution in [0.2, 0.25) is 5.02 Å². The maximum absolute atomic E-state index is 9.80. The lowest BCUT2D eigenvalue weighted by molar-refractivity contribution is 0.474. The van der Waals surface area contributed by atoms with Gasteiger partial charge in [-0.2, -0.15) is 14.9 Å². The Hall–Kier alpha value is -2.51. The average Bonchev–Trinajstić information content (AvgIpc) is 2.90. The minimum absolute atomic E-state index is 0.0774. The van der Waals surface area contributed by atoms with Gasteiger partial charge in [-0.25, -0.2) is 5.10 Å². The number of rotatable bonds is 3. The number of halogens is 1. The number of nitrogens with zero attached hydrogens (tertiary/aromatic N) is 4. The van der Waals surface area contributed by atoms with Gasteiger partial charge >= 0.3 is 0 Å². The molecule has 22 heavy (non-hydrogen) atoms. The number of phenolic OH excluding ortho intramolecular Hbond substituents is 1. The lowest BCUT2D eigenvalue weighted by atomic mass is 10.2. The minimum atomic E-state index is 0.0774. The first-order valence-corrected chi connectivity index (χ1v) is 7.04. The normalized spacial score (nSPS) is 11.1. The summed E-state index contributed by atoms with van der Waals surface area (Å²) in [5.41, 5.74) is 1.30. The molecule has 0 atom stereocenters. The molecule has 110 valence electrons. The van der Waals surface area contributed by atoms with Gasteiger partial charge in [0.05, 0.1) is 6.21 Å². The summed E-state index contributed by atoms with van der Waals surface area (Å²) in [6.45, 7) is 0. The summed E-state index contributed by atoms with van der Waals surface area (Å²) < 4.78 is 1.80. The van der Waals surface area contributed by atoms with E-state index in [2.05, 4.69) is 20.3 Å². The van der Waals surface area contributed by atoms with Crippen LogP contribution in [0.4, 0.5) is 0 Å². The lowest BCUT2D eigenvalue weighted by Gasteiger charge is -2.01. The van der Waals surface area contributed by atoms with Gasteiger partial charge in [-0.1, -0.05) is 11.6 Å². The number of aromatic amines is 1. The largest absolute Gasteiger partial charge is 0.507 e. The second-order valence-corrected chi connectivity index (χ2v) is 5.17. The topological polar surface area (TPSA) is 79.1 Å². The molecular weight excluding hydrogens is 322 g/mol. The predicted molar refractivity (Wildman–Crippen MR) is 86.8 cm³/mol. The molecular formula is C14H10ClN5OS. The molecule has 0 amide bonds. The molecule has 3 aromatic rings. The molecule has 2 aromatic heterocycles. The van der Waals surface area contributed by atoms with E-state index in [0.717, 1.165) is 5.56 Å². The molecule has 0 radical (unpaired) electrons. The third kappa shape index (κ3) is 2.90. The van der Waals surface area contributed by atoms with Crippen molar-refractivity contribution in [2.45, 2.75) is 0 Å². The Morgan fingerprint density at radius 3 is 2.82 bits per heavy atom. The van der Waals surface area contributed by atoms with Crippen molar-refractivity contribution >= 4 is 30.0 Å². The monoisotopic (exact) mass is 331 g/mol. The SMILES string of the molecule is Oc1ccc(Cl)cc1C=Nn1c(-c2ccncc2)n[nH]c1=S. The number of hydrogen-bond donors (Lipinski definition) is 2. The third-order valence-corrected chi connectivity index (χ3v) is 3.39. The van der Waals surface area contributed by atoms with Crippen LogP contribution in [0.25, 0.3) is 11.4 Å². The molecule has 0 spiro atoms. The molecule has 1 aromatic carbocycles. The number of H-pyrrole nitrogens is 1. The first-order valence-electron chi connectivity index (χ1n) is 6.26. The summed E-state index contributed by atoms with van der Waals surface area (Å²) >= 11 is 11.1. The van der Waals surface area contributed by atoms with Gasteiger partial charge in [0, 0.05) is 28.5 Å². The second kappa shape index (κ2) is 6.08. The van der Waals surface area contributed by atoms with Crippen molar-refractivity contribution in [3.05, 3.63) is 58.1 Å². The van der Waals surface area contributed by atoms with Crippen LogP contribution in [-0.4, -0.2) is 31.2 Å². The summed E-state index contributed by atoms with van der Waals surface area (Å²) in [6.07, 6.45) is 4.78. The molecule has 0 aliphatic carbocycles. The van der Waals surface area contributed by atoms with E-state index in [0.29, 0.717) is 21.2 Å². The fraction of sp³-hybridized carbons (Fsp3) is 0. The number of nitrogens with one attached hydrogen (secondary N) is 1. The van der Waals surface area contributed by atoms with Gasteiger partial charge in [0.1, 0.15) is 5.75 Å². The van der Waals surface area contributed by atoms with E-state index in [4.69, 9.17) is 23.8 Å². The molecule has 2 heterocycles. The van der Waals surface area contributed by atoms with E-state index in [1.165, 1.54) is 17.0 Å². The van der Waals surface area contributed by atoms with Crippen molar-refractivity contribution in [1.82, 2.24) is 19.9 Å². The number of hydrogen-bond acceptors (Lipinski definition) is 5. The van der Waals surface area contributed by atoms with Crippen molar-refractivity contribution in [3.8, 4) is 17.1 Å². The fourth-order valence-corrected chi connectivity index (χ4v) is 2.20. The fourth-order valence-electron chi connectivity index (χ4n) is 1.84. The molecule has 0 aliphatic rings. The van der Waals surface area contributed by atoms with E-state index in [1.807, 2.05) is 0 Å². The number of benzene rings is 1. The van der Waals surface area contributed by atoms with Gasteiger partial charge < -0.3 is 5.11 Å². The Bertz CT molecular complexity index is 888. The van der Waals surface area contributed by atoms with Gasteiger partial charge in [-0.3, -0.25) is 4.98 Å². The molecule has 0 saturated heterocycles. The van der Waals surface area contributed by atoms with Crippen LogP contribution in [-0.2, 0) is 0 Å². The summed E-state index contributed by atoms with van der Waals surface area (Å²) in [5, 5.41) is 21.4. The predicted octanol–water partition coefficient (Wildman–Crippen LogP) is 3.24. The minimum Gasteiger partial charge on any atom is -0.507 e. The molecule has 0 fully saturated rings. The highest BCUT2D eigenvalue weighted by atomic mass is 35.5. The van der Waals surface area contributed by atoms with Crippen molar-refractivity contribution in [1.29, 1.82) is 0 Å². The first kappa shape index (κ1) is 14.4. The molecule has 0 saturated carbocycles. The van der Waals surface area contributed by atoms with E-state index >= 15 is 0 Å². The van der Waals surface area contributed by atoms with E-state index in [-0.39, 0.29) is 5.75 Å². The molecule has 3 rings (SSSR count). The van der Waals surface area contributed by atoms with Crippen LogP contribution < -0.4 is 0 Å². The van der Waals surface area contributed by atoms with E-state index in [1.54, 1.807) is 36.7 Å². The Kier molecular flexibility index (Phi) is 3.99. The standard InChI is InChI=1S/C14H10ClN5OS/c15-11-1-2-12(21)10(7-11)8-17-20-13(18-19-14(20)22)9-3-5-16-6-4-9/h1-8,21H,(H,19,22). The zero-order valence-electron chi connectivity index (χ0n) is 11.1. The number of pyridine rings is 1. The highest BCUT2D eigenvalue weighted by Crippen LogP contribution is 2.20. The smallest absolute Gasteiger partial charge is 0.216 e. The Labute approximate surface area is 135 Å². The van der Waals surface area contributed by atoms with Gasteiger partial charge in [0.2, 0.25) is 4.77 Å². The average molecular weight is 332 g/mol. The van der Waals surface area contributed by atoms with Crippen molar-refractivity contribution in [3.63, 3.8) is 0 Å². The molecule has 6 nitrogen and oxygen atoms in total. The van der Waals surface area contributed by atoms with Crippen molar-refractivity contribution in [2.75, 3.05) is 0 Å². The van der Waals surface area contributed by atoms with Crippen LogP contribution in [0.3, 0.4) is 0 Å². The van der Waals surface area contributed by atoms with Gasteiger partial charge in [-0.15, -0.1) is 0 Å². The van der Waals surface area contributed by atoms with Gasteiger partial charge in [0.15, 0.2) is 5.82 Å². The van der Waals surface area contributed by atoms with Crippen LogP contribution in [0.5, 0.6) is 5.75 Å². The number of phenols is 1. The van der Waals surface area contributed by atoms with Crippen LogP contribution >= 0.6 is 23.8 Å². The number of aromatic hydroxyl groups is 1. The maximum atomic E-state index is 9.80. The quantitative estimate of drug-likeness (QED) is 0.570. The highest BCUT2D eigenvalue weighted by Gasteiger charge is 2.08. The molecule has 0 bridgehead atoms. The first-order chi connectivity index (χ1) is 10.6. The Morgan fingerprint density at radius 1 is 1.27 bits per heavy atom. The van der Waals surface area contributed by atoms with Crippen molar-refractivity contribution < 1.29 is 5.11 Å². The zero-order chi connectivity index (χ0) is 15.5. The van der Waals surface area contributed by atoms with E-state index < -0.39 is 0 Å². The lowest BCUT2D eigenvalue weighted by Crippen LogP contribution is -1.95. The second-order valence-electron chi connectivity index (χ2n) is 4.35. The third-order valence-electron chi connectivity index (χ3n) is 2.89. The molecule has 0 unspecified atom stereocenters. The molecule has 0 aliphatic heterocycles. The zero-order valence-corrected chi connectivity index (χ0v) is 12.7.